The van der Waals surface area contributed by atoms with Crippen LogP contribution in [0.4, 0.5) is 0 Å². The predicted molar refractivity (Wildman–Crippen MR) is 44.8 cm³/mol. The third-order valence-electron chi connectivity index (χ3n) is 1.75. The first kappa shape index (κ1) is 8.87. The van der Waals surface area contributed by atoms with Gasteiger partial charge in [-0.1, -0.05) is 0 Å². The van der Waals surface area contributed by atoms with Gasteiger partial charge >= 0.3 is 86.6 Å². The molecule has 0 spiro atoms. The molecule has 0 radical (unpaired) electrons. The van der Waals surface area contributed by atoms with E-state index >= 15 is 0 Å². The molecule has 1 saturated heterocycles. The molecule has 0 aromatic carbocycles. The Bertz CT molecular complexity index is 221. The van der Waals surface area contributed by atoms with Crippen LogP contribution < -0.4 is 21.2 Å². The number of allylic oxidation sites excluding steroid dienone is 1. The molecule has 2 heterocycles. The van der Waals surface area contributed by atoms with Gasteiger partial charge < -0.3 is 0 Å². The van der Waals surface area contributed by atoms with Crippen LogP contribution in [-0.4, -0.2) is 25.8 Å². The molecule has 1 fully saturated rings. The van der Waals surface area contributed by atoms with Crippen molar-refractivity contribution in [3.8, 4) is 0 Å². The molecule has 4 heteroatoms. The van der Waals surface area contributed by atoms with Crippen LogP contribution in [0, 0.1) is 0 Å². The third kappa shape index (κ3) is 1.96. The number of ketones is 1. The first-order chi connectivity index (χ1) is 5.86. The van der Waals surface area contributed by atoms with Gasteiger partial charge in [0.2, 0.25) is 0 Å². The third-order valence-corrected chi connectivity index (χ3v) is 7.94. The van der Waals surface area contributed by atoms with Crippen molar-refractivity contribution in [1.29, 1.82) is 0 Å². The van der Waals surface area contributed by atoms with E-state index in [1.807, 2.05) is 17.8 Å². The van der Waals surface area contributed by atoms with Gasteiger partial charge in [-0.3, -0.25) is 0 Å². The maximum absolute atomic E-state index is 10.9. The molecular formula is C8H10IO2S-. The zero-order valence-corrected chi connectivity index (χ0v) is 9.56. The molecule has 2 nitrogen and oxygen atoms in total. The quantitative estimate of drug-likeness (QED) is 0.415. The summed E-state index contributed by atoms with van der Waals surface area (Å²) in [5.41, 5.74) is 0. The Balaban J connectivity index is 1.99. The van der Waals surface area contributed by atoms with E-state index in [1.54, 1.807) is 0 Å². The molecule has 0 unspecified atom stereocenters. The van der Waals surface area contributed by atoms with E-state index in [0.29, 0.717) is 37.5 Å². The molecule has 0 aromatic rings. The number of carbonyl (C=O) groups excluding carboxylic acids is 1. The summed E-state index contributed by atoms with van der Waals surface area (Å²) in [7, 11) is 0. The van der Waals surface area contributed by atoms with Crippen molar-refractivity contribution < 1.29 is 30.7 Å². The predicted octanol–water partition coefficient (Wildman–Crippen LogP) is -1.98. The van der Waals surface area contributed by atoms with Crippen molar-refractivity contribution in [2.75, 3.05) is 16.8 Å². The summed E-state index contributed by atoms with van der Waals surface area (Å²) in [5, 5.41) is 0. The molecule has 2 aliphatic rings. The molecule has 0 aliphatic carbocycles. The number of hydrogen-bond donors (Lipinski definition) is 0. The summed E-state index contributed by atoms with van der Waals surface area (Å²) in [5.74, 6) is 2.59. The van der Waals surface area contributed by atoms with Crippen LogP contribution >= 0.6 is 11.8 Å². The van der Waals surface area contributed by atoms with E-state index < -0.39 is 0 Å². The van der Waals surface area contributed by atoms with E-state index in [1.165, 1.54) is 10.2 Å². The van der Waals surface area contributed by atoms with Crippen molar-refractivity contribution in [1.82, 2.24) is 0 Å². The zero-order chi connectivity index (χ0) is 8.39. The number of hydrogen-bond acceptors (Lipinski definition) is 3. The molecule has 12 heavy (non-hydrogen) atoms. The van der Waals surface area contributed by atoms with Gasteiger partial charge in [0.25, 0.3) is 0 Å². The van der Waals surface area contributed by atoms with Crippen molar-refractivity contribution >= 4 is 17.5 Å². The van der Waals surface area contributed by atoms with Crippen LogP contribution in [0.15, 0.2) is 11.8 Å². The van der Waals surface area contributed by atoms with Crippen LogP contribution in [0.5, 0.6) is 0 Å². The summed E-state index contributed by atoms with van der Waals surface area (Å²) in [6, 6.07) is 0. The van der Waals surface area contributed by atoms with Gasteiger partial charge in [-0.15, -0.1) is 0 Å². The fourth-order valence-corrected chi connectivity index (χ4v) is 7.03. The Morgan fingerprint density at radius 1 is 1.67 bits per heavy atom. The molecule has 0 amide bonds. The van der Waals surface area contributed by atoms with E-state index in [2.05, 4.69) is 0 Å². The van der Waals surface area contributed by atoms with Crippen molar-refractivity contribution in [3.05, 3.63) is 11.8 Å². The Morgan fingerprint density at radius 2 is 2.58 bits per heavy atom. The van der Waals surface area contributed by atoms with E-state index in [4.69, 9.17) is 4.74 Å². The molecule has 0 bridgehead atoms. The molecule has 2 rings (SSSR count). The summed E-state index contributed by atoms with van der Waals surface area (Å²) < 4.78 is 7.43. The number of carbonyl (C=O) groups is 1. The number of rotatable bonds is 1. The van der Waals surface area contributed by atoms with Crippen molar-refractivity contribution in [2.45, 2.75) is 9.68 Å². The Hall–Kier alpha value is 0.290. The fraction of sp³-hybridized carbons (Fsp3) is 0.625. The monoisotopic (exact) mass is 297 g/mol. The summed E-state index contributed by atoms with van der Waals surface area (Å²) in [4.78, 5) is 10.9. The van der Waals surface area contributed by atoms with Crippen LogP contribution in [0.2, 0.25) is 0 Å². The Morgan fingerprint density at radius 3 is 3.17 bits per heavy atom. The normalized spacial score (nSPS) is 30.5. The van der Waals surface area contributed by atoms with E-state index in [-0.39, 0.29) is 5.78 Å². The van der Waals surface area contributed by atoms with Crippen LogP contribution in [0.1, 0.15) is 6.42 Å². The van der Waals surface area contributed by atoms with Crippen molar-refractivity contribution in [3.63, 3.8) is 0 Å². The number of ether oxygens (including phenoxy) is 1. The summed E-state index contributed by atoms with van der Waals surface area (Å²) in [6.45, 7) is 0.312. The summed E-state index contributed by atoms with van der Waals surface area (Å²) >= 11 is 2.29. The van der Waals surface area contributed by atoms with E-state index in [0.717, 1.165) is 5.76 Å². The Labute approximate surface area is 86.4 Å². The van der Waals surface area contributed by atoms with Gasteiger partial charge in [0.05, 0.1) is 0 Å². The molecule has 68 valence electrons. The van der Waals surface area contributed by atoms with Crippen LogP contribution in [0.25, 0.3) is 0 Å². The Kier molecular flexibility index (Phi) is 2.96. The van der Waals surface area contributed by atoms with Crippen LogP contribution in [-0.2, 0) is 9.53 Å². The zero-order valence-electron chi connectivity index (χ0n) is 6.59. The van der Waals surface area contributed by atoms with Gasteiger partial charge in [0, 0.05) is 0 Å². The first-order valence-electron chi connectivity index (χ1n) is 3.90. The minimum atomic E-state index is 0.208. The second-order valence-corrected chi connectivity index (χ2v) is 7.93. The number of Topliss-reactive ketones (excluding diaryl/α,β-unsaturated/α-hetero) is 1. The maximum atomic E-state index is 10.9. The first-order valence-corrected chi connectivity index (χ1v) is 7.72. The topological polar surface area (TPSA) is 26.3 Å². The van der Waals surface area contributed by atoms with E-state index in [9.17, 15) is 4.79 Å². The molecule has 2 aliphatic heterocycles. The molecule has 0 aromatic heterocycles. The molecule has 0 N–H and O–H groups in total. The average molecular weight is 297 g/mol. The molecule has 1 atom stereocenters. The average Bonchev–Trinajstić information content (AvgIpc) is 2.58. The fourth-order valence-electron chi connectivity index (χ4n) is 1.15. The van der Waals surface area contributed by atoms with Crippen LogP contribution in [0.3, 0.4) is 0 Å². The molecule has 0 saturated carbocycles. The number of alkyl halides is 2. The number of halogens is 1. The minimum absolute atomic E-state index is 0.208. The van der Waals surface area contributed by atoms with Gasteiger partial charge in [0.15, 0.2) is 0 Å². The second-order valence-electron chi connectivity index (χ2n) is 2.67. The SMILES string of the molecule is O=C1CC=C([C@H]2SCC[I-]2)OC1. The van der Waals surface area contributed by atoms with Gasteiger partial charge in [-0.2, -0.15) is 0 Å². The molecular weight excluding hydrogens is 287 g/mol. The van der Waals surface area contributed by atoms with Gasteiger partial charge in [-0.25, -0.2) is 0 Å². The standard InChI is InChI=1S/C8H10IO2S/c10-6-1-2-7(11-5-6)8-9-3-4-12-8/h2,8H,1,3-5H2/q-1/t8-/m1/s1. The second kappa shape index (κ2) is 4.00. The number of thioether (sulfide) groups is 1. The summed E-state index contributed by atoms with van der Waals surface area (Å²) in [6.07, 6.45) is 2.57. The van der Waals surface area contributed by atoms with Gasteiger partial charge in [0.1, 0.15) is 0 Å². The van der Waals surface area contributed by atoms with Gasteiger partial charge in [-0.05, 0) is 0 Å². The van der Waals surface area contributed by atoms with Crippen molar-refractivity contribution in [2.24, 2.45) is 0 Å².